The Labute approximate surface area is 125 Å². The Balaban J connectivity index is 1.66. The molecule has 0 bridgehead atoms. The summed E-state index contributed by atoms with van der Waals surface area (Å²) in [6.07, 6.45) is 6.23. The van der Waals surface area contributed by atoms with Crippen LogP contribution in [0.3, 0.4) is 0 Å². The molecule has 21 heavy (non-hydrogen) atoms. The number of nitrogens with one attached hydrogen (secondary N) is 1. The minimum absolute atomic E-state index is 0.293. The van der Waals surface area contributed by atoms with E-state index in [4.69, 9.17) is 0 Å². The fourth-order valence-electron chi connectivity index (χ4n) is 3.87. The third-order valence-electron chi connectivity index (χ3n) is 4.98. The Hall–Kier alpha value is -1.68. The molecule has 1 saturated carbocycles. The zero-order valence-electron chi connectivity index (χ0n) is 12.5. The molecule has 1 N–H and O–H groups in total. The van der Waals surface area contributed by atoms with Gasteiger partial charge in [-0.2, -0.15) is 0 Å². The summed E-state index contributed by atoms with van der Waals surface area (Å²) in [5, 5.41) is 12.5. The second kappa shape index (κ2) is 5.26. The Bertz CT molecular complexity index is 640. The van der Waals surface area contributed by atoms with Gasteiger partial charge in [-0.1, -0.05) is 37.1 Å². The zero-order valence-corrected chi connectivity index (χ0v) is 12.5. The topological polar surface area (TPSA) is 42.7 Å². The van der Waals surface area contributed by atoms with Gasteiger partial charge in [-0.3, -0.25) is 0 Å². The molecule has 1 aromatic heterocycles. The van der Waals surface area contributed by atoms with Crippen molar-refractivity contribution in [2.24, 2.45) is 0 Å². The van der Waals surface area contributed by atoms with E-state index >= 15 is 0 Å². The van der Waals surface area contributed by atoms with Crippen molar-refractivity contribution in [2.75, 3.05) is 0 Å². The number of fused-ring (bicyclic) bond motifs is 1. The highest BCUT2D eigenvalue weighted by molar-refractivity contribution is 5.31. The lowest BCUT2D eigenvalue weighted by molar-refractivity contribution is 0.415. The maximum Gasteiger partial charge on any atom is 0.150 e. The van der Waals surface area contributed by atoms with Crippen molar-refractivity contribution in [3.05, 3.63) is 47.0 Å². The van der Waals surface area contributed by atoms with E-state index < -0.39 is 0 Å². The van der Waals surface area contributed by atoms with Crippen molar-refractivity contribution in [2.45, 2.75) is 57.7 Å². The number of nitrogens with zero attached hydrogens (tertiary/aromatic N) is 3. The average molecular weight is 282 g/mol. The summed E-state index contributed by atoms with van der Waals surface area (Å²) in [6, 6.07) is 9.61. The van der Waals surface area contributed by atoms with Crippen LogP contribution >= 0.6 is 0 Å². The highest BCUT2D eigenvalue weighted by Crippen LogP contribution is 2.34. The van der Waals surface area contributed by atoms with E-state index in [1.807, 2.05) is 0 Å². The molecule has 1 aliphatic heterocycles. The van der Waals surface area contributed by atoms with Crippen LogP contribution in [0, 0.1) is 6.92 Å². The maximum absolute atomic E-state index is 4.51. The summed E-state index contributed by atoms with van der Waals surface area (Å²) in [4.78, 5) is 0. The van der Waals surface area contributed by atoms with Crippen molar-refractivity contribution in [3.63, 3.8) is 0 Å². The summed E-state index contributed by atoms with van der Waals surface area (Å²) in [5.74, 6) is 2.20. The van der Waals surface area contributed by atoms with Crippen molar-refractivity contribution in [1.29, 1.82) is 0 Å². The maximum atomic E-state index is 4.51. The fourth-order valence-corrected chi connectivity index (χ4v) is 3.87. The van der Waals surface area contributed by atoms with E-state index in [9.17, 15) is 0 Å². The van der Waals surface area contributed by atoms with Gasteiger partial charge >= 0.3 is 0 Å². The molecule has 1 aliphatic carbocycles. The Kier molecular flexibility index (Phi) is 3.26. The van der Waals surface area contributed by atoms with Crippen molar-refractivity contribution < 1.29 is 0 Å². The standard InChI is InChI=1S/C17H22N4/c1-12-19-20-17(21(12)15-8-4-5-9-15)16-10-13-6-2-3-7-14(13)11-18-16/h2-3,6-7,15-16,18H,4-5,8-11H2,1H3/t16-/m1/s1. The van der Waals surface area contributed by atoms with Crippen molar-refractivity contribution >= 4 is 0 Å². The zero-order chi connectivity index (χ0) is 14.2. The van der Waals surface area contributed by atoms with Crippen molar-refractivity contribution in [1.82, 2.24) is 20.1 Å². The number of hydrogen-bond acceptors (Lipinski definition) is 3. The van der Waals surface area contributed by atoms with E-state index in [0.29, 0.717) is 12.1 Å². The van der Waals surface area contributed by atoms with Crippen LogP contribution in [0.2, 0.25) is 0 Å². The molecule has 0 radical (unpaired) electrons. The molecule has 0 spiro atoms. The van der Waals surface area contributed by atoms with Crippen LogP contribution in [-0.2, 0) is 13.0 Å². The predicted octanol–water partition coefficient (Wildman–Crippen LogP) is 3.09. The van der Waals surface area contributed by atoms with E-state index in [1.165, 1.54) is 36.8 Å². The Morgan fingerprint density at radius 1 is 1.10 bits per heavy atom. The van der Waals surface area contributed by atoms with Gasteiger partial charge in [0.2, 0.25) is 0 Å². The molecule has 4 rings (SSSR count). The van der Waals surface area contributed by atoms with Gasteiger partial charge in [-0.25, -0.2) is 0 Å². The fraction of sp³-hybridized carbons (Fsp3) is 0.529. The largest absolute Gasteiger partial charge is 0.311 e. The molecule has 0 saturated heterocycles. The van der Waals surface area contributed by atoms with Crippen molar-refractivity contribution in [3.8, 4) is 0 Å². The first-order valence-corrected chi connectivity index (χ1v) is 8.04. The van der Waals surface area contributed by atoms with Gasteiger partial charge in [-0.05, 0) is 37.3 Å². The molecule has 0 unspecified atom stereocenters. The molecule has 0 amide bonds. The molecule has 1 atom stereocenters. The lowest BCUT2D eigenvalue weighted by Gasteiger charge is -2.27. The number of rotatable bonds is 2. The summed E-state index contributed by atoms with van der Waals surface area (Å²) >= 11 is 0. The molecule has 110 valence electrons. The third-order valence-corrected chi connectivity index (χ3v) is 4.98. The van der Waals surface area contributed by atoms with Gasteiger partial charge in [0.25, 0.3) is 0 Å². The summed E-state index contributed by atoms with van der Waals surface area (Å²) in [7, 11) is 0. The molecule has 4 heteroatoms. The number of hydrogen-bond donors (Lipinski definition) is 1. The van der Waals surface area contributed by atoms with Gasteiger partial charge in [0.05, 0.1) is 6.04 Å². The Morgan fingerprint density at radius 3 is 2.67 bits per heavy atom. The van der Waals surface area contributed by atoms with Gasteiger partial charge in [-0.15, -0.1) is 10.2 Å². The molecular formula is C17H22N4. The van der Waals surface area contributed by atoms with Crippen LogP contribution in [0.25, 0.3) is 0 Å². The molecule has 2 aromatic rings. The van der Waals surface area contributed by atoms with Gasteiger partial charge < -0.3 is 9.88 Å². The van der Waals surface area contributed by atoms with E-state index in [-0.39, 0.29) is 0 Å². The smallest absolute Gasteiger partial charge is 0.150 e. The van der Waals surface area contributed by atoms with Crippen LogP contribution in [-0.4, -0.2) is 14.8 Å². The van der Waals surface area contributed by atoms with Gasteiger partial charge in [0.1, 0.15) is 5.82 Å². The first kappa shape index (κ1) is 13.0. The van der Waals surface area contributed by atoms with Crippen LogP contribution in [0.1, 0.15) is 60.5 Å². The highest BCUT2D eigenvalue weighted by Gasteiger charge is 2.28. The molecule has 1 fully saturated rings. The molecule has 2 heterocycles. The summed E-state index contributed by atoms with van der Waals surface area (Å²) in [5.41, 5.74) is 2.86. The first-order chi connectivity index (χ1) is 10.3. The molecule has 4 nitrogen and oxygen atoms in total. The number of aromatic nitrogens is 3. The van der Waals surface area contributed by atoms with Gasteiger partial charge in [0.15, 0.2) is 5.82 Å². The molecule has 2 aliphatic rings. The van der Waals surface area contributed by atoms with E-state index in [0.717, 1.165) is 24.6 Å². The van der Waals surface area contributed by atoms with Crippen LogP contribution in [0.15, 0.2) is 24.3 Å². The Morgan fingerprint density at radius 2 is 1.86 bits per heavy atom. The summed E-state index contributed by atoms with van der Waals surface area (Å²) < 4.78 is 2.40. The number of benzene rings is 1. The lowest BCUT2D eigenvalue weighted by atomic mass is 9.95. The van der Waals surface area contributed by atoms with Crippen LogP contribution in [0.5, 0.6) is 0 Å². The monoisotopic (exact) mass is 282 g/mol. The quantitative estimate of drug-likeness (QED) is 0.920. The lowest BCUT2D eigenvalue weighted by Crippen LogP contribution is -2.31. The number of aryl methyl sites for hydroxylation is 1. The third kappa shape index (κ3) is 2.27. The average Bonchev–Trinajstić information content (AvgIpc) is 3.15. The van der Waals surface area contributed by atoms with Crippen LogP contribution in [0.4, 0.5) is 0 Å². The SMILES string of the molecule is Cc1nnc([C@H]2Cc3ccccc3CN2)n1C1CCCC1. The first-order valence-electron chi connectivity index (χ1n) is 8.04. The molecular weight excluding hydrogens is 260 g/mol. The minimum Gasteiger partial charge on any atom is -0.311 e. The van der Waals surface area contributed by atoms with E-state index in [2.05, 4.69) is 51.3 Å². The highest BCUT2D eigenvalue weighted by atomic mass is 15.3. The normalized spacial score (nSPS) is 22.4. The van der Waals surface area contributed by atoms with Crippen LogP contribution < -0.4 is 5.32 Å². The second-order valence-corrected chi connectivity index (χ2v) is 6.32. The minimum atomic E-state index is 0.293. The predicted molar refractivity (Wildman–Crippen MR) is 82.0 cm³/mol. The second-order valence-electron chi connectivity index (χ2n) is 6.32. The molecule has 1 aromatic carbocycles. The van der Waals surface area contributed by atoms with Gasteiger partial charge in [0, 0.05) is 12.6 Å². The van der Waals surface area contributed by atoms with E-state index in [1.54, 1.807) is 0 Å². The summed E-state index contributed by atoms with van der Waals surface area (Å²) in [6.45, 7) is 3.02.